The molecule has 1 unspecified atom stereocenters. The molecule has 8 heteroatoms. The van der Waals surface area contributed by atoms with Gasteiger partial charge in [-0.2, -0.15) is 0 Å². The zero-order chi connectivity index (χ0) is 23.0. The Kier molecular flexibility index (Phi) is 6.50. The second-order valence-corrected chi connectivity index (χ2v) is 9.54. The van der Waals surface area contributed by atoms with Crippen molar-refractivity contribution in [1.29, 1.82) is 0 Å². The van der Waals surface area contributed by atoms with Gasteiger partial charge in [-0.3, -0.25) is 0 Å². The summed E-state index contributed by atoms with van der Waals surface area (Å²) in [5.74, 6) is 2.40. The molecule has 1 aliphatic heterocycles. The molecule has 1 aliphatic rings. The average molecular weight is 475 g/mol. The summed E-state index contributed by atoms with van der Waals surface area (Å²) in [6, 6.07) is 9.17. The molecule has 0 saturated carbocycles. The second kappa shape index (κ2) is 9.02. The summed E-state index contributed by atoms with van der Waals surface area (Å²) >= 11 is 12.6. The van der Waals surface area contributed by atoms with Crippen molar-refractivity contribution in [3.05, 3.63) is 63.3 Å². The standard InChI is InChI=1S/C24H28Cl2N4O2/c1-14-7-8-19(32-14)22(27)24(3)9-11-30(12-10-24)23-18(13-31)29-21(15(2)28-23)16-5-4-6-17(25)20(16)26/h4-8,22,31H,9-13,27H2,1-3H3. The molecule has 0 aliphatic carbocycles. The van der Waals surface area contributed by atoms with E-state index < -0.39 is 0 Å². The first kappa shape index (κ1) is 23.1. The first-order valence-electron chi connectivity index (χ1n) is 10.7. The zero-order valence-electron chi connectivity index (χ0n) is 18.5. The van der Waals surface area contributed by atoms with E-state index in [1.807, 2.05) is 38.1 Å². The van der Waals surface area contributed by atoms with Gasteiger partial charge in [0.25, 0.3) is 0 Å². The Morgan fingerprint density at radius 2 is 1.88 bits per heavy atom. The number of aliphatic hydroxyl groups excluding tert-OH is 1. The largest absolute Gasteiger partial charge is 0.465 e. The number of hydrogen-bond acceptors (Lipinski definition) is 6. The predicted octanol–water partition coefficient (Wildman–Crippen LogP) is 5.46. The van der Waals surface area contributed by atoms with E-state index in [0.717, 1.165) is 43.1 Å². The molecule has 1 aromatic carbocycles. The molecule has 3 heterocycles. The fraction of sp³-hybridized carbons (Fsp3) is 0.417. The number of aliphatic hydroxyl groups is 1. The fourth-order valence-corrected chi connectivity index (χ4v) is 4.74. The van der Waals surface area contributed by atoms with Gasteiger partial charge in [-0.1, -0.05) is 42.3 Å². The summed E-state index contributed by atoms with van der Waals surface area (Å²) in [4.78, 5) is 11.7. The molecular weight excluding hydrogens is 447 g/mol. The van der Waals surface area contributed by atoms with Crippen LogP contribution in [0.25, 0.3) is 11.3 Å². The molecule has 4 rings (SSSR count). The minimum absolute atomic E-state index is 0.0864. The predicted molar refractivity (Wildman–Crippen MR) is 128 cm³/mol. The zero-order valence-corrected chi connectivity index (χ0v) is 20.0. The number of halogens is 2. The van der Waals surface area contributed by atoms with Gasteiger partial charge in [0.15, 0.2) is 5.82 Å². The van der Waals surface area contributed by atoms with Crippen molar-refractivity contribution in [2.75, 3.05) is 18.0 Å². The molecule has 6 nitrogen and oxygen atoms in total. The average Bonchev–Trinajstić information content (AvgIpc) is 3.22. The van der Waals surface area contributed by atoms with Gasteiger partial charge in [0.2, 0.25) is 0 Å². The minimum Gasteiger partial charge on any atom is -0.465 e. The first-order valence-corrected chi connectivity index (χ1v) is 11.5. The van der Waals surface area contributed by atoms with Crippen LogP contribution >= 0.6 is 23.2 Å². The lowest BCUT2D eigenvalue weighted by atomic mass is 9.73. The van der Waals surface area contributed by atoms with Gasteiger partial charge in [0.1, 0.15) is 17.2 Å². The van der Waals surface area contributed by atoms with E-state index in [2.05, 4.69) is 11.8 Å². The SMILES string of the molecule is Cc1ccc(C(N)C2(C)CCN(c3nc(C)c(-c4cccc(Cl)c4Cl)nc3CO)CC2)o1. The van der Waals surface area contributed by atoms with E-state index in [9.17, 15) is 5.11 Å². The molecule has 2 aromatic heterocycles. The number of nitrogens with two attached hydrogens (primary N) is 1. The van der Waals surface area contributed by atoms with Crippen LogP contribution in [-0.2, 0) is 6.61 Å². The van der Waals surface area contributed by atoms with Crippen LogP contribution in [0.2, 0.25) is 10.0 Å². The smallest absolute Gasteiger partial charge is 0.153 e. The number of benzene rings is 1. The first-order chi connectivity index (χ1) is 15.2. The number of furan rings is 1. The number of piperidine rings is 1. The molecule has 1 fully saturated rings. The van der Waals surface area contributed by atoms with E-state index in [1.165, 1.54) is 0 Å². The van der Waals surface area contributed by atoms with Crippen LogP contribution in [-0.4, -0.2) is 28.2 Å². The quantitative estimate of drug-likeness (QED) is 0.510. The number of nitrogens with zero attached hydrogens (tertiary/aromatic N) is 3. The number of aryl methyl sites for hydroxylation is 2. The van der Waals surface area contributed by atoms with Gasteiger partial charge >= 0.3 is 0 Å². The van der Waals surface area contributed by atoms with Crippen molar-refractivity contribution in [2.24, 2.45) is 11.1 Å². The number of rotatable bonds is 5. The molecule has 170 valence electrons. The Morgan fingerprint density at radius 1 is 1.16 bits per heavy atom. The summed E-state index contributed by atoms with van der Waals surface area (Å²) < 4.78 is 5.79. The second-order valence-electron chi connectivity index (χ2n) is 8.75. The Labute approximate surface area is 198 Å². The van der Waals surface area contributed by atoms with Crippen molar-refractivity contribution >= 4 is 29.0 Å². The third-order valence-corrected chi connectivity index (χ3v) is 7.32. The topological polar surface area (TPSA) is 88.4 Å². The van der Waals surface area contributed by atoms with Gasteiger partial charge in [-0.05, 0) is 50.3 Å². The molecule has 0 amide bonds. The molecular formula is C24H28Cl2N4O2. The summed E-state index contributed by atoms with van der Waals surface area (Å²) in [6.45, 7) is 7.35. The van der Waals surface area contributed by atoms with Crippen LogP contribution in [0.3, 0.4) is 0 Å². The molecule has 1 atom stereocenters. The molecule has 3 N–H and O–H groups in total. The summed E-state index contributed by atoms with van der Waals surface area (Å²) in [7, 11) is 0. The summed E-state index contributed by atoms with van der Waals surface area (Å²) in [5.41, 5.74) is 9.09. The van der Waals surface area contributed by atoms with Crippen LogP contribution in [0.1, 0.15) is 48.7 Å². The van der Waals surface area contributed by atoms with E-state index in [0.29, 0.717) is 32.8 Å². The third-order valence-electron chi connectivity index (χ3n) is 6.50. The highest BCUT2D eigenvalue weighted by Gasteiger charge is 2.38. The Morgan fingerprint density at radius 3 is 2.50 bits per heavy atom. The van der Waals surface area contributed by atoms with Crippen LogP contribution in [0.15, 0.2) is 34.7 Å². The van der Waals surface area contributed by atoms with Crippen LogP contribution in [0.5, 0.6) is 0 Å². The maximum Gasteiger partial charge on any atom is 0.153 e. The molecule has 3 aromatic rings. The van der Waals surface area contributed by atoms with Crippen LogP contribution in [0.4, 0.5) is 5.82 Å². The van der Waals surface area contributed by atoms with Crippen molar-refractivity contribution in [3.63, 3.8) is 0 Å². The van der Waals surface area contributed by atoms with E-state index in [4.69, 9.17) is 43.3 Å². The maximum absolute atomic E-state index is 10.1. The molecule has 0 radical (unpaired) electrons. The lowest BCUT2D eigenvalue weighted by Crippen LogP contribution is -2.44. The number of hydrogen-bond donors (Lipinski definition) is 2. The van der Waals surface area contributed by atoms with Gasteiger partial charge in [-0.25, -0.2) is 9.97 Å². The van der Waals surface area contributed by atoms with Crippen molar-refractivity contribution in [3.8, 4) is 11.3 Å². The van der Waals surface area contributed by atoms with Crippen molar-refractivity contribution in [2.45, 2.75) is 46.3 Å². The number of anilines is 1. The van der Waals surface area contributed by atoms with E-state index in [-0.39, 0.29) is 18.1 Å². The van der Waals surface area contributed by atoms with Gasteiger partial charge in [0, 0.05) is 18.7 Å². The normalized spacial score (nSPS) is 16.9. The highest BCUT2D eigenvalue weighted by atomic mass is 35.5. The lowest BCUT2D eigenvalue weighted by Gasteiger charge is -2.43. The third kappa shape index (κ3) is 4.25. The fourth-order valence-electron chi connectivity index (χ4n) is 4.35. The Hall–Kier alpha value is -2.12. The van der Waals surface area contributed by atoms with E-state index in [1.54, 1.807) is 6.07 Å². The minimum atomic E-state index is -0.216. The summed E-state index contributed by atoms with van der Waals surface area (Å²) in [6.07, 6.45) is 1.75. The highest BCUT2D eigenvalue weighted by Crippen LogP contribution is 2.43. The summed E-state index contributed by atoms with van der Waals surface area (Å²) in [5, 5.41) is 10.9. The monoisotopic (exact) mass is 474 g/mol. The van der Waals surface area contributed by atoms with Crippen LogP contribution in [0, 0.1) is 19.3 Å². The van der Waals surface area contributed by atoms with Gasteiger partial charge in [0.05, 0.1) is 34.1 Å². The Balaban J connectivity index is 1.58. The lowest BCUT2D eigenvalue weighted by molar-refractivity contribution is 0.176. The van der Waals surface area contributed by atoms with Crippen molar-refractivity contribution in [1.82, 2.24) is 9.97 Å². The molecule has 1 saturated heterocycles. The number of aromatic nitrogens is 2. The highest BCUT2D eigenvalue weighted by molar-refractivity contribution is 6.43. The molecule has 32 heavy (non-hydrogen) atoms. The Bertz CT molecular complexity index is 1120. The van der Waals surface area contributed by atoms with Gasteiger partial charge in [-0.15, -0.1) is 0 Å². The molecule has 0 spiro atoms. The van der Waals surface area contributed by atoms with Gasteiger partial charge < -0.3 is 20.2 Å². The van der Waals surface area contributed by atoms with Crippen LogP contribution < -0.4 is 10.6 Å². The maximum atomic E-state index is 10.1. The molecule has 0 bridgehead atoms. The van der Waals surface area contributed by atoms with Crippen molar-refractivity contribution < 1.29 is 9.52 Å². The van der Waals surface area contributed by atoms with E-state index >= 15 is 0 Å².